The van der Waals surface area contributed by atoms with Gasteiger partial charge in [-0.1, -0.05) is 168 Å². The minimum absolute atomic E-state index is 0.126. The van der Waals surface area contributed by atoms with Crippen LogP contribution < -0.4 is 0 Å². The van der Waals surface area contributed by atoms with E-state index in [1.165, 1.54) is 167 Å². The number of rotatable bonds is 38. The standard InChI is InChI=1S/C47H89N3O2/c1-6-11-13-15-17-19-21-23-25-27-29-31-33-35-37-40-47(41-38-36-34-32-30-28-26-24-22-20-18-16-14-12-7-2)44-48-45(46(51)52-10-5)50(47)43-39-42-49(8-3)9-4/h23-26,44-45H,6-22,27-43H2,1-5H3/b25-23-,26-24-. The molecule has 0 radical (unpaired) electrons. The van der Waals surface area contributed by atoms with E-state index in [9.17, 15) is 4.79 Å². The molecule has 0 spiro atoms. The van der Waals surface area contributed by atoms with Crippen molar-refractivity contribution in [2.45, 2.75) is 233 Å². The quantitative estimate of drug-likeness (QED) is 0.0361. The molecule has 0 aliphatic carbocycles. The fourth-order valence-corrected chi connectivity index (χ4v) is 7.91. The van der Waals surface area contributed by atoms with Gasteiger partial charge < -0.3 is 9.64 Å². The second-order valence-corrected chi connectivity index (χ2v) is 15.7. The van der Waals surface area contributed by atoms with Crippen LogP contribution in [-0.2, 0) is 9.53 Å². The molecule has 0 aromatic carbocycles. The van der Waals surface area contributed by atoms with Gasteiger partial charge in [0, 0.05) is 12.8 Å². The fourth-order valence-electron chi connectivity index (χ4n) is 7.91. The summed E-state index contributed by atoms with van der Waals surface area (Å²) in [5, 5.41) is 0. The molecule has 1 unspecified atom stereocenters. The SMILES string of the molecule is CCCCCCCC/C=C\CCCCCCCC1(CCCCCCC/C=C\CCCCCCCC)C=NC(C(=O)OCC)N1CCCN(CC)CC. The third-order valence-electron chi connectivity index (χ3n) is 11.3. The third kappa shape index (κ3) is 24.0. The first-order valence-corrected chi connectivity index (χ1v) is 23.1. The van der Waals surface area contributed by atoms with E-state index in [0.29, 0.717) is 6.61 Å². The van der Waals surface area contributed by atoms with Gasteiger partial charge in [0.2, 0.25) is 6.17 Å². The Morgan fingerprint density at radius 2 is 1.00 bits per heavy atom. The Morgan fingerprint density at radius 1 is 0.596 bits per heavy atom. The Labute approximate surface area is 325 Å². The molecule has 304 valence electrons. The Kier molecular flexibility index (Phi) is 32.9. The summed E-state index contributed by atoms with van der Waals surface area (Å²) < 4.78 is 5.57. The van der Waals surface area contributed by atoms with Gasteiger partial charge in [-0.3, -0.25) is 9.89 Å². The van der Waals surface area contributed by atoms with Gasteiger partial charge in [-0.2, -0.15) is 0 Å². The lowest BCUT2D eigenvalue weighted by atomic mass is 9.85. The molecule has 0 fully saturated rings. The van der Waals surface area contributed by atoms with Crippen molar-refractivity contribution in [3.05, 3.63) is 24.3 Å². The smallest absolute Gasteiger partial charge is 0.346 e. The van der Waals surface area contributed by atoms with E-state index in [1.807, 2.05) is 6.92 Å². The summed E-state index contributed by atoms with van der Waals surface area (Å²) in [5.74, 6) is -0.169. The van der Waals surface area contributed by atoms with Crippen LogP contribution in [0.15, 0.2) is 29.3 Å². The maximum absolute atomic E-state index is 13.2. The Balaban J connectivity index is 2.59. The Hall–Kier alpha value is -1.46. The molecule has 1 aliphatic heterocycles. The van der Waals surface area contributed by atoms with Crippen molar-refractivity contribution in [2.24, 2.45) is 4.99 Å². The number of nitrogens with zero attached hydrogens (tertiary/aromatic N) is 3. The highest BCUT2D eigenvalue weighted by atomic mass is 16.5. The normalized spacial score (nSPS) is 16.0. The van der Waals surface area contributed by atoms with Crippen molar-refractivity contribution in [3.8, 4) is 0 Å². The number of aliphatic imine (C=N–C) groups is 1. The highest BCUT2D eigenvalue weighted by molar-refractivity contribution is 5.84. The second-order valence-electron chi connectivity index (χ2n) is 15.7. The summed E-state index contributed by atoms with van der Waals surface area (Å²) in [7, 11) is 0. The highest BCUT2D eigenvalue weighted by Gasteiger charge is 2.45. The van der Waals surface area contributed by atoms with Crippen LogP contribution in [0.1, 0.15) is 221 Å². The maximum Gasteiger partial charge on any atom is 0.346 e. The number of esters is 1. The monoisotopic (exact) mass is 728 g/mol. The van der Waals surface area contributed by atoms with Gasteiger partial charge in [0.15, 0.2) is 0 Å². The molecule has 0 saturated carbocycles. The lowest BCUT2D eigenvalue weighted by Gasteiger charge is -2.40. The molecule has 0 aromatic rings. The van der Waals surface area contributed by atoms with Crippen molar-refractivity contribution >= 4 is 12.2 Å². The summed E-state index contributed by atoms with van der Waals surface area (Å²) in [6.07, 6.45) is 49.0. The van der Waals surface area contributed by atoms with Gasteiger partial charge in [-0.25, -0.2) is 4.79 Å². The molecule has 0 bridgehead atoms. The summed E-state index contributed by atoms with van der Waals surface area (Å²) in [4.78, 5) is 23.0. The van der Waals surface area contributed by atoms with Gasteiger partial charge in [0.1, 0.15) is 0 Å². The molecule has 0 saturated heterocycles. The number of hydrogen-bond donors (Lipinski definition) is 0. The van der Waals surface area contributed by atoms with Gasteiger partial charge in [-0.15, -0.1) is 0 Å². The van der Waals surface area contributed by atoms with E-state index in [0.717, 1.165) is 45.4 Å². The predicted molar refractivity (Wildman–Crippen MR) is 230 cm³/mol. The topological polar surface area (TPSA) is 45.1 Å². The van der Waals surface area contributed by atoms with E-state index in [-0.39, 0.29) is 11.5 Å². The van der Waals surface area contributed by atoms with Gasteiger partial charge >= 0.3 is 5.97 Å². The minimum atomic E-state index is -0.483. The Bertz CT molecular complexity index is 840. The third-order valence-corrected chi connectivity index (χ3v) is 11.3. The molecule has 1 rings (SSSR count). The van der Waals surface area contributed by atoms with Crippen LogP contribution >= 0.6 is 0 Å². The van der Waals surface area contributed by atoms with Crippen molar-refractivity contribution < 1.29 is 9.53 Å². The van der Waals surface area contributed by atoms with Crippen molar-refractivity contribution in [1.82, 2.24) is 9.80 Å². The van der Waals surface area contributed by atoms with Crippen LogP contribution in [0.3, 0.4) is 0 Å². The lowest BCUT2D eigenvalue weighted by Crippen LogP contribution is -2.53. The zero-order valence-electron chi connectivity index (χ0n) is 35.7. The largest absolute Gasteiger partial charge is 0.463 e. The number of unbranched alkanes of at least 4 members (excludes halogenated alkanes) is 22. The van der Waals surface area contributed by atoms with Crippen LogP contribution in [0.2, 0.25) is 0 Å². The van der Waals surface area contributed by atoms with Crippen molar-refractivity contribution in [3.63, 3.8) is 0 Å². The Morgan fingerprint density at radius 3 is 1.40 bits per heavy atom. The molecule has 1 aliphatic rings. The maximum atomic E-state index is 13.2. The van der Waals surface area contributed by atoms with Crippen molar-refractivity contribution in [2.75, 3.05) is 32.8 Å². The van der Waals surface area contributed by atoms with Crippen molar-refractivity contribution in [1.29, 1.82) is 0 Å². The molecule has 5 nitrogen and oxygen atoms in total. The van der Waals surface area contributed by atoms with E-state index in [1.54, 1.807) is 0 Å². The van der Waals surface area contributed by atoms with Gasteiger partial charge in [0.25, 0.3) is 0 Å². The van der Waals surface area contributed by atoms with E-state index >= 15 is 0 Å². The van der Waals surface area contributed by atoms with Crippen LogP contribution in [0, 0.1) is 0 Å². The molecule has 0 aromatic heterocycles. The first kappa shape index (κ1) is 48.6. The van der Waals surface area contributed by atoms with Crippen LogP contribution in [0.4, 0.5) is 0 Å². The molecule has 52 heavy (non-hydrogen) atoms. The van der Waals surface area contributed by atoms with E-state index in [2.05, 4.69) is 68.0 Å². The zero-order valence-corrected chi connectivity index (χ0v) is 35.7. The average molecular weight is 728 g/mol. The molecule has 5 heteroatoms. The predicted octanol–water partition coefficient (Wildman–Crippen LogP) is 13.8. The summed E-state index contributed by atoms with van der Waals surface area (Å²) >= 11 is 0. The fraction of sp³-hybridized carbons (Fsp3) is 0.872. The van der Waals surface area contributed by atoms with E-state index < -0.39 is 6.17 Å². The molecule has 0 amide bonds. The molecular weight excluding hydrogens is 639 g/mol. The van der Waals surface area contributed by atoms with Crippen LogP contribution in [0.25, 0.3) is 0 Å². The average Bonchev–Trinajstić information content (AvgIpc) is 3.51. The summed E-state index contributed by atoms with van der Waals surface area (Å²) in [6, 6.07) is 0. The first-order valence-electron chi connectivity index (χ1n) is 23.1. The van der Waals surface area contributed by atoms with Gasteiger partial charge in [-0.05, 0) is 97.2 Å². The first-order chi connectivity index (χ1) is 25.6. The summed E-state index contributed by atoms with van der Waals surface area (Å²) in [5.41, 5.74) is -0.126. The molecule has 0 N–H and O–H groups in total. The van der Waals surface area contributed by atoms with Gasteiger partial charge in [0.05, 0.1) is 12.1 Å². The minimum Gasteiger partial charge on any atom is -0.463 e. The molecule has 1 atom stereocenters. The number of ether oxygens (including phenoxy) is 1. The zero-order chi connectivity index (χ0) is 37.8. The highest BCUT2D eigenvalue weighted by Crippen LogP contribution is 2.35. The summed E-state index contributed by atoms with van der Waals surface area (Å²) in [6.45, 7) is 15.5. The number of hydrogen-bond acceptors (Lipinski definition) is 5. The lowest BCUT2D eigenvalue weighted by molar-refractivity contribution is -0.150. The second kappa shape index (κ2) is 35.3. The number of carbonyl (C=O) groups is 1. The van der Waals surface area contributed by atoms with Crippen LogP contribution in [-0.4, -0.2) is 66.5 Å². The molecular formula is C47H89N3O2. The number of allylic oxidation sites excluding steroid dienone is 4. The van der Waals surface area contributed by atoms with Crippen LogP contribution in [0.5, 0.6) is 0 Å². The molecule has 1 heterocycles. The van der Waals surface area contributed by atoms with E-state index in [4.69, 9.17) is 9.73 Å². The number of carbonyl (C=O) groups excluding carboxylic acids is 1.